The number of aliphatic hydroxyl groups is 2. The van der Waals surface area contributed by atoms with Crippen molar-refractivity contribution >= 4 is 11.9 Å². The third-order valence-electron chi connectivity index (χ3n) is 15.3. The third kappa shape index (κ3) is 57.7. The van der Waals surface area contributed by atoms with E-state index < -0.39 is 12.1 Å². The van der Waals surface area contributed by atoms with Gasteiger partial charge in [-0.3, -0.25) is 9.59 Å². The zero-order valence-corrected chi connectivity index (χ0v) is 48.2. The second-order valence-corrected chi connectivity index (χ2v) is 22.5. The molecule has 0 saturated heterocycles. The first-order valence-corrected chi connectivity index (χ1v) is 32.4. The van der Waals surface area contributed by atoms with Gasteiger partial charge in [-0.25, -0.2) is 0 Å². The van der Waals surface area contributed by atoms with Crippen LogP contribution in [0, 0.1) is 0 Å². The lowest BCUT2D eigenvalue weighted by Crippen LogP contribution is -2.45. The summed E-state index contributed by atoms with van der Waals surface area (Å²) in [6.45, 7) is 4.94. The van der Waals surface area contributed by atoms with Crippen LogP contribution in [-0.2, 0) is 14.3 Å². The van der Waals surface area contributed by atoms with E-state index in [9.17, 15) is 19.8 Å². The fourth-order valence-electron chi connectivity index (χ4n) is 10.3. The maximum Gasteiger partial charge on any atom is 0.305 e. The molecule has 2 atom stereocenters. The molecule has 6 heteroatoms. The lowest BCUT2D eigenvalue weighted by molar-refractivity contribution is -0.143. The number of aliphatic hydroxyl groups excluding tert-OH is 2. The van der Waals surface area contributed by atoms with Crippen LogP contribution in [0.4, 0.5) is 0 Å². The standard InChI is InChI=1S/C65H127NO5/c1-3-5-7-9-11-13-15-17-19-21-23-24-25-26-27-28-29-30-32-34-37-41-45-49-53-57-63(68)62(61-67)66-64(69)58-54-50-46-42-38-36-40-44-48-52-56-60-71-65(70)59-55-51-47-43-39-35-33-31-22-20-18-16-14-12-10-8-6-4-2/h20,22,62-63,67-68H,3-19,21,23-61H2,1-2H3,(H,66,69)/b22-20-. The number of carbonyl (C=O) groups excluding carboxylic acids is 2. The van der Waals surface area contributed by atoms with E-state index in [-0.39, 0.29) is 18.5 Å². The number of hydrogen-bond donors (Lipinski definition) is 3. The molecule has 0 aliphatic heterocycles. The molecular formula is C65H127NO5. The highest BCUT2D eigenvalue weighted by atomic mass is 16.5. The number of amides is 1. The van der Waals surface area contributed by atoms with Gasteiger partial charge in [0.15, 0.2) is 0 Å². The van der Waals surface area contributed by atoms with Crippen molar-refractivity contribution < 1.29 is 24.5 Å². The Kier molecular flexibility index (Phi) is 59.9. The maximum atomic E-state index is 12.5. The SMILES string of the molecule is CCCCCCCCC/C=C\CCCCCCCCCC(=O)OCCCCCCCCCCCCCC(=O)NC(CO)C(O)CCCCCCCCCCCCCCCCCCCCCCCCCCC. The molecule has 422 valence electrons. The fraction of sp³-hybridized carbons (Fsp3) is 0.938. The Balaban J connectivity index is 3.43. The third-order valence-corrected chi connectivity index (χ3v) is 15.3. The molecule has 0 rings (SSSR count). The summed E-state index contributed by atoms with van der Waals surface area (Å²) < 4.78 is 5.48. The van der Waals surface area contributed by atoms with Crippen LogP contribution < -0.4 is 5.32 Å². The van der Waals surface area contributed by atoms with E-state index in [0.717, 1.165) is 57.8 Å². The van der Waals surface area contributed by atoms with Crippen molar-refractivity contribution in [2.45, 2.75) is 379 Å². The van der Waals surface area contributed by atoms with Gasteiger partial charge in [0.2, 0.25) is 5.91 Å². The summed E-state index contributed by atoms with van der Waals surface area (Å²) in [4.78, 5) is 24.6. The van der Waals surface area contributed by atoms with Gasteiger partial charge in [-0.2, -0.15) is 0 Å². The van der Waals surface area contributed by atoms with Crippen molar-refractivity contribution in [3.05, 3.63) is 12.2 Å². The second kappa shape index (κ2) is 61.1. The summed E-state index contributed by atoms with van der Waals surface area (Å²) >= 11 is 0. The Morgan fingerprint density at radius 3 is 1.00 bits per heavy atom. The Labute approximate surface area is 444 Å². The number of allylic oxidation sites excluding steroid dienone is 2. The van der Waals surface area contributed by atoms with Gasteiger partial charge in [-0.15, -0.1) is 0 Å². The minimum atomic E-state index is -0.678. The van der Waals surface area contributed by atoms with E-state index in [1.807, 2.05) is 0 Å². The van der Waals surface area contributed by atoms with Gasteiger partial charge in [0.1, 0.15) is 0 Å². The zero-order valence-electron chi connectivity index (χ0n) is 48.2. The van der Waals surface area contributed by atoms with Gasteiger partial charge in [0.25, 0.3) is 0 Å². The van der Waals surface area contributed by atoms with Gasteiger partial charge in [0.05, 0.1) is 25.4 Å². The lowest BCUT2D eigenvalue weighted by Gasteiger charge is -2.22. The smallest absolute Gasteiger partial charge is 0.305 e. The molecule has 0 heterocycles. The summed E-state index contributed by atoms with van der Waals surface area (Å²) in [5.41, 5.74) is 0. The molecule has 0 aromatic rings. The molecule has 71 heavy (non-hydrogen) atoms. The number of carbonyl (C=O) groups is 2. The maximum absolute atomic E-state index is 12.5. The van der Waals surface area contributed by atoms with E-state index >= 15 is 0 Å². The highest BCUT2D eigenvalue weighted by molar-refractivity contribution is 5.76. The molecule has 0 aromatic heterocycles. The molecular weight excluding hydrogens is 875 g/mol. The van der Waals surface area contributed by atoms with Crippen LogP contribution in [0.15, 0.2) is 12.2 Å². The highest BCUT2D eigenvalue weighted by Gasteiger charge is 2.20. The summed E-state index contributed by atoms with van der Waals surface area (Å²) in [5, 5.41) is 23.4. The predicted octanol–water partition coefficient (Wildman–Crippen LogP) is 20.4. The number of ether oxygens (including phenoxy) is 1. The van der Waals surface area contributed by atoms with Crippen molar-refractivity contribution in [3.63, 3.8) is 0 Å². The predicted molar refractivity (Wildman–Crippen MR) is 310 cm³/mol. The van der Waals surface area contributed by atoms with Crippen molar-refractivity contribution in [3.8, 4) is 0 Å². The Hall–Kier alpha value is -1.40. The van der Waals surface area contributed by atoms with E-state index in [0.29, 0.717) is 25.9 Å². The molecule has 0 aliphatic rings. The molecule has 6 nitrogen and oxygen atoms in total. The minimum absolute atomic E-state index is 0.0148. The number of esters is 1. The largest absolute Gasteiger partial charge is 0.466 e. The first-order chi connectivity index (χ1) is 35.0. The molecule has 3 N–H and O–H groups in total. The van der Waals surface area contributed by atoms with Crippen molar-refractivity contribution in [2.24, 2.45) is 0 Å². The van der Waals surface area contributed by atoms with Crippen molar-refractivity contribution in [2.75, 3.05) is 13.2 Å². The van der Waals surface area contributed by atoms with E-state index in [2.05, 4.69) is 31.3 Å². The normalized spacial score (nSPS) is 12.6. The molecule has 1 amide bonds. The number of hydrogen-bond acceptors (Lipinski definition) is 5. The Bertz CT molecular complexity index is 1060. The van der Waals surface area contributed by atoms with Gasteiger partial charge in [0, 0.05) is 12.8 Å². The molecule has 0 aliphatic carbocycles. The average Bonchev–Trinajstić information content (AvgIpc) is 3.37. The topological polar surface area (TPSA) is 95.9 Å². The molecule has 2 unspecified atom stereocenters. The Morgan fingerprint density at radius 2 is 0.662 bits per heavy atom. The van der Waals surface area contributed by atoms with Crippen LogP contribution in [0.2, 0.25) is 0 Å². The van der Waals surface area contributed by atoms with E-state index in [1.165, 1.54) is 276 Å². The van der Waals surface area contributed by atoms with Gasteiger partial charge >= 0.3 is 5.97 Å². The zero-order chi connectivity index (χ0) is 51.4. The van der Waals surface area contributed by atoms with Crippen LogP contribution in [0.3, 0.4) is 0 Å². The summed E-state index contributed by atoms with van der Waals surface area (Å²) in [7, 11) is 0. The highest BCUT2D eigenvalue weighted by Crippen LogP contribution is 2.18. The summed E-state index contributed by atoms with van der Waals surface area (Å²) in [6, 6.07) is -0.557. The van der Waals surface area contributed by atoms with Crippen LogP contribution in [-0.4, -0.2) is 47.4 Å². The number of rotatable bonds is 61. The number of unbranched alkanes of at least 4 members (excludes halogenated alkanes) is 48. The molecule has 0 radical (unpaired) electrons. The van der Waals surface area contributed by atoms with Crippen molar-refractivity contribution in [1.82, 2.24) is 5.32 Å². The quantitative estimate of drug-likeness (QED) is 0.0320. The molecule has 0 fully saturated rings. The monoisotopic (exact) mass is 1000 g/mol. The Morgan fingerprint density at radius 1 is 0.380 bits per heavy atom. The van der Waals surface area contributed by atoms with Crippen LogP contribution >= 0.6 is 0 Å². The van der Waals surface area contributed by atoms with Gasteiger partial charge < -0.3 is 20.3 Å². The second-order valence-electron chi connectivity index (χ2n) is 22.5. The average molecular weight is 1000 g/mol. The molecule has 0 saturated carbocycles. The van der Waals surface area contributed by atoms with Gasteiger partial charge in [-0.05, 0) is 51.4 Å². The summed E-state index contributed by atoms with van der Waals surface area (Å²) in [5.74, 6) is -0.0640. The molecule has 0 spiro atoms. The summed E-state index contributed by atoms with van der Waals surface area (Å²) in [6.07, 6.45) is 73.7. The minimum Gasteiger partial charge on any atom is -0.466 e. The fourth-order valence-corrected chi connectivity index (χ4v) is 10.3. The van der Waals surface area contributed by atoms with E-state index in [1.54, 1.807) is 0 Å². The lowest BCUT2D eigenvalue weighted by atomic mass is 10.0. The van der Waals surface area contributed by atoms with Crippen LogP contribution in [0.5, 0.6) is 0 Å². The first-order valence-electron chi connectivity index (χ1n) is 32.4. The van der Waals surface area contributed by atoms with Crippen LogP contribution in [0.1, 0.15) is 367 Å². The molecule has 0 aromatic carbocycles. The molecule has 0 bridgehead atoms. The van der Waals surface area contributed by atoms with Crippen LogP contribution in [0.25, 0.3) is 0 Å². The van der Waals surface area contributed by atoms with E-state index in [4.69, 9.17) is 4.74 Å². The van der Waals surface area contributed by atoms with Gasteiger partial charge in [-0.1, -0.05) is 315 Å². The van der Waals surface area contributed by atoms with Crippen molar-refractivity contribution in [1.29, 1.82) is 0 Å². The number of nitrogens with one attached hydrogen (secondary N) is 1. The first kappa shape index (κ1) is 69.6.